The summed E-state index contributed by atoms with van der Waals surface area (Å²) in [4.78, 5) is 0. The Morgan fingerprint density at radius 3 is 2.94 bits per heavy atom. The third-order valence-electron chi connectivity index (χ3n) is 3.30. The van der Waals surface area contributed by atoms with Crippen LogP contribution < -0.4 is 5.32 Å². The SMILES string of the molecule is CCNC(Cc1ccco1)C1CCS(=O)(=O)C1. The van der Waals surface area contributed by atoms with Crippen LogP contribution in [0.2, 0.25) is 0 Å². The summed E-state index contributed by atoms with van der Waals surface area (Å²) in [5.41, 5.74) is 0. The highest BCUT2D eigenvalue weighted by molar-refractivity contribution is 7.91. The van der Waals surface area contributed by atoms with E-state index >= 15 is 0 Å². The van der Waals surface area contributed by atoms with Gasteiger partial charge in [-0.15, -0.1) is 0 Å². The van der Waals surface area contributed by atoms with E-state index in [0.717, 1.165) is 25.1 Å². The quantitative estimate of drug-likeness (QED) is 0.862. The molecule has 2 unspecified atom stereocenters. The van der Waals surface area contributed by atoms with Crippen LogP contribution in [0.1, 0.15) is 19.1 Å². The Morgan fingerprint density at radius 1 is 1.59 bits per heavy atom. The van der Waals surface area contributed by atoms with Crippen molar-refractivity contribution < 1.29 is 12.8 Å². The fourth-order valence-corrected chi connectivity index (χ4v) is 4.33. The minimum absolute atomic E-state index is 0.198. The number of hydrogen-bond donors (Lipinski definition) is 1. The van der Waals surface area contributed by atoms with Gasteiger partial charge < -0.3 is 9.73 Å². The molecule has 0 bridgehead atoms. The van der Waals surface area contributed by atoms with Crippen molar-refractivity contribution >= 4 is 9.84 Å². The van der Waals surface area contributed by atoms with Crippen molar-refractivity contribution in [3.63, 3.8) is 0 Å². The van der Waals surface area contributed by atoms with E-state index in [1.165, 1.54) is 0 Å². The molecule has 1 aromatic rings. The number of sulfone groups is 1. The zero-order chi connectivity index (χ0) is 12.3. The van der Waals surface area contributed by atoms with Gasteiger partial charge in [0.1, 0.15) is 5.76 Å². The first-order valence-corrected chi connectivity index (χ1v) is 7.89. The van der Waals surface area contributed by atoms with Gasteiger partial charge >= 0.3 is 0 Å². The van der Waals surface area contributed by atoms with Gasteiger partial charge in [0.15, 0.2) is 9.84 Å². The second-order valence-corrected chi connectivity index (χ2v) is 6.84. The smallest absolute Gasteiger partial charge is 0.150 e. The van der Waals surface area contributed by atoms with E-state index in [1.807, 2.05) is 19.1 Å². The standard InChI is InChI=1S/C12H19NO3S/c1-2-13-12(8-11-4-3-6-16-11)10-5-7-17(14,15)9-10/h3-4,6,10,12-13H,2,5,7-9H2,1H3. The van der Waals surface area contributed by atoms with Crippen molar-refractivity contribution in [1.82, 2.24) is 5.32 Å². The predicted molar refractivity (Wildman–Crippen MR) is 66.6 cm³/mol. The normalized spacial score (nSPS) is 24.9. The van der Waals surface area contributed by atoms with Gasteiger partial charge in [0.05, 0.1) is 17.8 Å². The lowest BCUT2D eigenvalue weighted by Gasteiger charge is -2.22. The number of nitrogens with one attached hydrogen (secondary N) is 1. The zero-order valence-corrected chi connectivity index (χ0v) is 10.9. The molecule has 2 atom stereocenters. The largest absolute Gasteiger partial charge is 0.469 e. The molecule has 1 aromatic heterocycles. The van der Waals surface area contributed by atoms with E-state index in [4.69, 9.17) is 4.42 Å². The summed E-state index contributed by atoms with van der Waals surface area (Å²) in [6.07, 6.45) is 3.19. The molecule has 96 valence electrons. The summed E-state index contributed by atoms with van der Waals surface area (Å²) in [5, 5.41) is 3.38. The van der Waals surface area contributed by atoms with Crippen LogP contribution in [0.5, 0.6) is 0 Å². The van der Waals surface area contributed by atoms with E-state index in [1.54, 1.807) is 6.26 Å². The Morgan fingerprint density at radius 2 is 2.41 bits per heavy atom. The summed E-state index contributed by atoms with van der Waals surface area (Å²) in [5.74, 6) is 1.77. The first-order valence-electron chi connectivity index (χ1n) is 6.07. The second-order valence-electron chi connectivity index (χ2n) is 4.61. The minimum Gasteiger partial charge on any atom is -0.469 e. The van der Waals surface area contributed by atoms with Crippen LogP contribution in [-0.2, 0) is 16.3 Å². The maximum absolute atomic E-state index is 11.5. The first kappa shape index (κ1) is 12.6. The van der Waals surface area contributed by atoms with Crippen LogP contribution in [0, 0.1) is 5.92 Å². The van der Waals surface area contributed by atoms with Crippen LogP contribution >= 0.6 is 0 Å². The van der Waals surface area contributed by atoms with Crippen molar-refractivity contribution in [1.29, 1.82) is 0 Å². The van der Waals surface area contributed by atoms with Crippen molar-refractivity contribution in [3.8, 4) is 0 Å². The average Bonchev–Trinajstić information content (AvgIpc) is 2.87. The summed E-state index contributed by atoms with van der Waals surface area (Å²) in [7, 11) is -2.81. The van der Waals surface area contributed by atoms with Gasteiger partial charge in [0, 0.05) is 12.5 Å². The van der Waals surface area contributed by atoms with Gasteiger partial charge in [-0.3, -0.25) is 0 Å². The summed E-state index contributed by atoms with van der Waals surface area (Å²) < 4.78 is 28.3. The Kier molecular flexibility index (Phi) is 3.89. The zero-order valence-electron chi connectivity index (χ0n) is 10.1. The highest BCUT2D eigenvalue weighted by Gasteiger charge is 2.33. The van der Waals surface area contributed by atoms with Gasteiger partial charge in [-0.2, -0.15) is 0 Å². The molecular formula is C12H19NO3S. The van der Waals surface area contributed by atoms with Gasteiger partial charge in [-0.25, -0.2) is 8.42 Å². The first-order chi connectivity index (χ1) is 8.11. The van der Waals surface area contributed by atoms with Gasteiger partial charge in [0.2, 0.25) is 0 Å². The molecule has 1 aliphatic rings. The predicted octanol–water partition coefficient (Wildman–Crippen LogP) is 1.23. The summed E-state index contributed by atoms with van der Waals surface area (Å²) >= 11 is 0. The molecule has 0 amide bonds. The topological polar surface area (TPSA) is 59.3 Å². The number of rotatable bonds is 5. The van der Waals surface area contributed by atoms with Gasteiger partial charge in [-0.1, -0.05) is 6.92 Å². The number of likely N-dealkylation sites (N-methyl/N-ethyl adjacent to an activating group) is 1. The van der Waals surface area contributed by atoms with Crippen molar-refractivity contribution in [2.24, 2.45) is 5.92 Å². The Bertz CT molecular complexity index is 438. The molecule has 0 spiro atoms. The Labute approximate surface area is 102 Å². The van der Waals surface area contributed by atoms with Crippen LogP contribution in [-0.4, -0.2) is 32.5 Å². The maximum atomic E-state index is 11.5. The lowest BCUT2D eigenvalue weighted by atomic mass is 9.95. The Balaban J connectivity index is 2.02. The molecule has 2 heterocycles. The maximum Gasteiger partial charge on any atom is 0.150 e. The number of furan rings is 1. The monoisotopic (exact) mass is 257 g/mol. The summed E-state index contributed by atoms with van der Waals surface area (Å²) in [6, 6.07) is 4.00. The highest BCUT2D eigenvalue weighted by atomic mass is 32.2. The lowest BCUT2D eigenvalue weighted by Crippen LogP contribution is -2.38. The molecule has 1 saturated heterocycles. The lowest BCUT2D eigenvalue weighted by molar-refractivity contribution is 0.359. The third kappa shape index (κ3) is 3.33. The molecule has 4 nitrogen and oxygen atoms in total. The molecule has 2 rings (SSSR count). The minimum atomic E-state index is -2.81. The van der Waals surface area contributed by atoms with Crippen LogP contribution in [0.3, 0.4) is 0 Å². The molecule has 17 heavy (non-hydrogen) atoms. The van der Waals surface area contributed by atoms with Crippen LogP contribution in [0.4, 0.5) is 0 Å². The third-order valence-corrected chi connectivity index (χ3v) is 5.10. The van der Waals surface area contributed by atoms with E-state index in [2.05, 4.69) is 5.32 Å². The molecule has 1 N–H and O–H groups in total. The number of hydrogen-bond acceptors (Lipinski definition) is 4. The van der Waals surface area contributed by atoms with E-state index < -0.39 is 9.84 Å². The van der Waals surface area contributed by atoms with Crippen molar-refractivity contribution in [3.05, 3.63) is 24.2 Å². The Hall–Kier alpha value is -0.810. The van der Waals surface area contributed by atoms with Crippen LogP contribution in [0.15, 0.2) is 22.8 Å². The molecule has 0 aromatic carbocycles. The molecule has 0 aliphatic carbocycles. The van der Waals surface area contributed by atoms with Crippen molar-refractivity contribution in [2.75, 3.05) is 18.1 Å². The fourth-order valence-electron chi connectivity index (χ4n) is 2.45. The van der Waals surface area contributed by atoms with E-state index in [0.29, 0.717) is 11.5 Å². The van der Waals surface area contributed by atoms with Gasteiger partial charge in [-0.05, 0) is 31.0 Å². The highest BCUT2D eigenvalue weighted by Crippen LogP contribution is 2.24. The molecule has 1 aliphatic heterocycles. The second kappa shape index (κ2) is 5.23. The fraction of sp³-hybridized carbons (Fsp3) is 0.667. The van der Waals surface area contributed by atoms with Gasteiger partial charge in [0.25, 0.3) is 0 Å². The molecule has 5 heteroatoms. The van der Waals surface area contributed by atoms with E-state index in [9.17, 15) is 8.42 Å². The van der Waals surface area contributed by atoms with E-state index in [-0.39, 0.29) is 12.0 Å². The summed E-state index contributed by atoms with van der Waals surface area (Å²) in [6.45, 7) is 2.89. The molecule has 0 saturated carbocycles. The molecular weight excluding hydrogens is 238 g/mol. The molecule has 1 fully saturated rings. The average molecular weight is 257 g/mol. The van der Waals surface area contributed by atoms with Crippen LogP contribution in [0.25, 0.3) is 0 Å². The van der Waals surface area contributed by atoms with Crippen molar-refractivity contribution in [2.45, 2.75) is 25.8 Å². The molecule has 0 radical (unpaired) electrons.